The molecule has 3 aliphatic rings. The number of nitriles is 1. The number of aromatic nitrogens is 2. The molecule has 1 saturated heterocycles. The number of benzene rings is 1. The third-order valence-corrected chi connectivity index (χ3v) is 6.19. The van der Waals surface area contributed by atoms with Gasteiger partial charge in [-0.05, 0) is 42.5 Å². The van der Waals surface area contributed by atoms with Crippen molar-refractivity contribution in [1.29, 1.82) is 5.26 Å². The first kappa shape index (κ1) is 18.3. The van der Waals surface area contributed by atoms with E-state index < -0.39 is 0 Å². The fourth-order valence-corrected chi connectivity index (χ4v) is 4.78. The second kappa shape index (κ2) is 7.29. The van der Waals surface area contributed by atoms with Gasteiger partial charge in [-0.1, -0.05) is 11.6 Å². The van der Waals surface area contributed by atoms with Crippen LogP contribution in [0.5, 0.6) is 0 Å². The molecular weight excluding hydrogens is 390 g/mol. The average molecular weight is 410 g/mol. The molecule has 3 heterocycles. The van der Waals surface area contributed by atoms with Crippen LogP contribution >= 0.6 is 11.6 Å². The van der Waals surface area contributed by atoms with E-state index in [4.69, 9.17) is 16.3 Å². The Kier molecular flexibility index (Phi) is 4.61. The van der Waals surface area contributed by atoms with Crippen molar-refractivity contribution in [1.82, 2.24) is 14.9 Å². The smallest absolute Gasteiger partial charge is 0.257 e. The van der Waals surface area contributed by atoms with Gasteiger partial charge in [0.05, 0.1) is 35.5 Å². The highest BCUT2D eigenvalue weighted by Gasteiger charge is 2.33. The maximum absolute atomic E-state index is 12.8. The summed E-state index contributed by atoms with van der Waals surface area (Å²) >= 11 is 6.13. The minimum absolute atomic E-state index is 0.00475. The quantitative estimate of drug-likeness (QED) is 0.836. The van der Waals surface area contributed by atoms with Crippen LogP contribution in [0.25, 0.3) is 0 Å². The molecule has 1 aromatic heterocycles. The summed E-state index contributed by atoms with van der Waals surface area (Å²) in [6.45, 7) is 1.98. The van der Waals surface area contributed by atoms with Crippen LogP contribution in [0.2, 0.25) is 5.02 Å². The van der Waals surface area contributed by atoms with Gasteiger partial charge in [0.2, 0.25) is 5.95 Å². The van der Waals surface area contributed by atoms with Gasteiger partial charge in [-0.2, -0.15) is 5.26 Å². The molecule has 0 radical (unpaired) electrons. The first-order valence-electron chi connectivity index (χ1n) is 9.85. The van der Waals surface area contributed by atoms with E-state index in [1.165, 1.54) is 0 Å². The summed E-state index contributed by atoms with van der Waals surface area (Å²) < 4.78 is 5.43. The predicted octanol–water partition coefficient (Wildman–Crippen LogP) is 2.37. The molecule has 1 aromatic carbocycles. The Balaban J connectivity index is 1.32. The van der Waals surface area contributed by atoms with Crippen molar-refractivity contribution in [2.75, 3.05) is 25.1 Å². The van der Waals surface area contributed by atoms with Crippen molar-refractivity contribution in [3.8, 4) is 6.07 Å². The molecule has 5 rings (SSSR count). The fourth-order valence-electron chi connectivity index (χ4n) is 4.54. The van der Waals surface area contributed by atoms with Crippen molar-refractivity contribution in [2.24, 2.45) is 0 Å². The summed E-state index contributed by atoms with van der Waals surface area (Å²) in [5.41, 5.74) is 4.14. The lowest BCUT2D eigenvalue weighted by Gasteiger charge is -2.32. The molecule has 0 saturated carbocycles. The summed E-state index contributed by atoms with van der Waals surface area (Å²) in [5.74, 6) is 0.520. The Morgan fingerprint density at radius 2 is 2.24 bits per heavy atom. The molecule has 2 atom stereocenters. The molecule has 1 unspecified atom stereocenters. The Morgan fingerprint density at radius 1 is 1.34 bits per heavy atom. The molecule has 1 fully saturated rings. The number of nitrogens with one attached hydrogen (secondary N) is 1. The largest absolute Gasteiger partial charge is 0.379 e. The van der Waals surface area contributed by atoms with E-state index in [1.807, 2.05) is 11.0 Å². The van der Waals surface area contributed by atoms with Crippen LogP contribution in [-0.4, -0.2) is 52.6 Å². The lowest BCUT2D eigenvalue weighted by atomic mass is 10.0. The molecule has 29 heavy (non-hydrogen) atoms. The van der Waals surface area contributed by atoms with Crippen LogP contribution in [0.3, 0.4) is 0 Å². The summed E-state index contributed by atoms with van der Waals surface area (Å²) in [4.78, 5) is 23.8. The Hall–Kier alpha value is -2.69. The number of hydrogen-bond acceptors (Lipinski definition) is 6. The maximum Gasteiger partial charge on any atom is 0.257 e. The van der Waals surface area contributed by atoms with Gasteiger partial charge in [-0.15, -0.1) is 0 Å². The molecule has 2 aliphatic heterocycles. The van der Waals surface area contributed by atoms with E-state index in [0.29, 0.717) is 48.3 Å². The summed E-state index contributed by atoms with van der Waals surface area (Å²) in [7, 11) is 0. The minimum Gasteiger partial charge on any atom is -0.379 e. The van der Waals surface area contributed by atoms with Crippen LogP contribution < -0.4 is 5.32 Å². The molecule has 148 valence electrons. The van der Waals surface area contributed by atoms with Crippen molar-refractivity contribution in [2.45, 2.75) is 37.8 Å². The number of hydrogen-bond donors (Lipinski definition) is 1. The topological polar surface area (TPSA) is 91.1 Å². The van der Waals surface area contributed by atoms with Crippen LogP contribution in [0, 0.1) is 11.3 Å². The number of anilines is 1. The van der Waals surface area contributed by atoms with Crippen molar-refractivity contribution in [3.63, 3.8) is 0 Å². The molecule has 8 heteroatoms. The number of rotatable bonds is 3. The molecular formula is C21H20ClN5O2. The summed E-state index contributed by atoms with van der Waals surface area (Å²) in [6.07, 6.45) is 4.73. The van der Waals surface area contributed by atoms with Gasteiger partial charge >= 0.3 is 0 Å². The van der Waals surface area contributed by atoms with Gasteiger partial charge in [-0.25, -0.2) is 9.97 Å². The summed E-state index contributed by atoms with van der Waals surface area (Å²) in [5, 5.41) is 13.3. The van der Waals surface area contributed by atoms with E-state index in [9.17, 15) is 10.1 Å². The molecule has 2 aromatic rings. The van der Waals surface area contributed by atoms with Crippen LogP contribution in [0.4, 0.5) is 5.95 Å². The number of ether oxygens (including phenoxy) is 1. The maximum atomic E-state index is 12.8. The second-order valence-corrected chi connectivity index (χ2v) is 8.21. The Bertz CT molecular complexity index is 1030. The number of amides is 1. The van der Waals surface area contributed by atoms with Gasteiger partial charge in [0.1, 0.15) is 0 Å². The van der Waals surface area contributed by atoms with Gasteiger partial charge in [0, 0.05) is 36.8 Å². The third kappa shape index (κ3) is 3.33. The first-order valence-corrected chi connectivity index (χ1v) is 10.2. The highest BCUT2D eigenvalue weighted by atomic mass is 35.5. The Morgan fingerprint density at radius 3 is 3.03 bits per heavy atom. The molecule has 0 bridgehead atoms. The Labute approximate surface area is 173 Å². The number of carbonyl (C=O) groups is 1. The molecule has 7 nitrogen and oxygen atoms in total. The molecule has 0 spiro atoms. The fraction of sp³-hybridized carbons (Fsp3) is 0.429. The zero-order valence-corrected chi connectivity index (χ0v) is 16.6. The lowest BCUT2D eigenvalue weighted by molar-refractivity contribution is 0.0633. The van der Waals surface area contributed by atoms with Crippen LogP contribution in [-0.2, 0) is 24.0 Å². The number of carbonyl (C=O) groups excluding carboxylic acids is 1. The van der Waals surface area contributed by atoms with E-state index in [1.54, 1.807) is 12.3 Å². The third-order valence-electron chi connectivity index (χ3n) is 5.97. The highest BCUT2D eigenvalue weighted by molar-refractivity contribution is 6.30. The minimum atomic E-state index is -0.00475. The zero-order chi connectivity index (χ0) is 20.0. The van der Waals surface area contributed by atoms with E-state index >= 15 is 0 Å². The van der Waals surface area contributed by atoms with Crippen LogP contribution in [0.1, 0.15) is 39.2 Å². The van der Waals surface area contributed by atoms with E-state index in [-0.39, 0.29) is 18.0 Å². The van der Waals surface area contributed by atoms with Gasteiger partial charge in [0.25, 0.3) is 5.91 Å². The number of nitrogens with zero attached hydrogens (tertiary/aromatic N) is 4. The summed E-state index contributed by atoms with van der Waals surface area (Å²) in [6, 6.07) is 6.12. The standard InChI is InChI=1S/C21H20ClN5O2/c22-14-5-12-7-15(8-17(12)13(6-14)9-23)25-21-24-10-18-19(26-21)1-3-27(20(18)28)16-2-4-29-11-16/h5-6,10,15-16H,1-4,7-8,11H2,(H,24,25,26)/t15-,16?/m0/s1. The number of halogens is 1. The van der Waals surface area contributed by atoms with E-state index in [0.717, 1.165) is 36.1 Å². The average Bonchev–Trinajstić information content (AvgIpc) is 3.37. The number of fused-ring (bicyclic) bond motifs is 2. The SMILES string of the molecule is N#Cc1cc(Cl)cc2c1C[C@@H](Nc1ncc3c(n1)CCN(C1CCOC1)C3=O)C2. The van der Waals surface area contributed by atoms with Gasteiger partial charge in [0.15, 0.2) is 0 Å². The second-order valence-electron chi connectivity index (χ2n) is 7.77. The van der Waals surface area contributed by atoms with E-state index in [2.05, 4.69) is 21.4 Å². The lowest BCUT2D eigenvalue weighted by Crippen LogP contribution is -2.45. The van der Waals surface area contributed by atoms with Gasteiger partial charge in [-0.3, -0.25) is 4.79 Å². The van der Waals surface area contributed by atoms with Crippen molar-refractivity contribution in [3.05, 3.63) is 51.3 Å². The predicted molar refractivity (Wildman–Crippen MR) is 107 cm³/mol. The van der Waals surface area contributed by atoms with Gasteiger partial charge < -0.3 is 15.0 Å². The first-order chi connectivity index (χ1) is 14.1. The van der Waals surface area contributed by atoms with Crippen LogP contribution in [0.15, 0.2) is 18.3 Å². The highest BCUT2D eigenvalue weighted by Crippen LogP contribution is 2.30. The van der Waals surface area contributed by atoms with Crippen molar-refractivity contribution < 1.29 is 9.53 Å². The van der Waals surface area contributed by atoms with Crippen molar-refractivity contribution >= 4 is 23.5 Å². The normalized spacial score (nSPS) is 22.9. The monoisotopic (exact) mass is 409 g/mol. The molecule has 1 N–H and O–H groups in total. The zero-order valence-electron chi connectivity index (χ0n) is 15.8. The molecule has 1 aliphatic carbocycles. The molecule has 1 amide bonds.